The molecule has 2 aromatic rings. The van der Waals surface area contributed by atoms with Crippen molar-refractivity contribution < 1.29 is 14.3 Å². The van der Waals surface area contributed by atoms with Crippen molar-refractivity contribution in [2.45, 2.75) is 19.8 Å². The molecule has 0 aliphatic carbocycles. The minimum absolute atomic E-state index is 0.0321. The summed E-state index contributed by atoms with van der Waals surface area (Å²) >= 11 is 0. The summed E-state index contributed by atoms with van der Waals surface area (Å²) in [5.74, 6) is -1.09. The number of hydrogen-bond acceptors (Lipinski definition) is 5. The summed E-state index contributed by atoms with van der Waals surface area (Å²) < 4.78 is 5.02. The number of para-hydroxylation sites is 2. The van der Waals surface area contributed by atoms with Gasteiger partial charge in [0.25, 0.3) is 5.91 Å². The van der Waals surface area contributed by atoms with Gasteiger partial charge in [0.05, 0.1) is 17.9 Å². The summed E-state index contributed by atoms with van der Waals surface area (Å²) in [4.78, 5) is 26.7. The Hall–Kier alpha value is -3.59. The van der Waals surface area contributed by atoms with Crippen molar-refractivity contribution in [1.82, 2.24) is 0 Å². The molecular weight excluding hydrogens is 354 g/mol. The highest BCUT2D eigenvalue weighted by molar-refractivity contribution is 6.09. The number of nitrogens with one attached hydrogen (secondary N) is 1. The number of nitrogens with zero attached hydrogens (tertiary/aromatic N) is 2. The first-order valence-corrected chi connectivity index (χ1v) is 9.18. The third kappa shape index (κ3) is 4.21. The molecule has 0 unspecified atom stereocenters. The molecule has 0 aromatic heterocycles. The van der Waals surface area contributed by atoms with Gasteiger partial charge in [0, 0.05) is 18.4 Å². The van der Waals surface area contributed by atoms with Gasteiger partial charge in [-0.25, -0.2) is 4.79 Å². The largest absolute Gasteiger partial charge is 0.462 e. The number of aryl methyl sites for hydroxylation is 1. The van der Waals surface area contributed by atoms with Crippen LogP contribution in [0.2, 0.25) is 0 Å². The van der Waals surface area contributed by atoms with E-state index in [1.54, 1.807) is 37.4 Å². The Labute approximate surface area is 164 Å². The van der Waals surface area contributed by atoms with Crippen LogP contribution in [0.5, 0.6) is 0 Å². The number of esters is 1. The molecule has 1 aliphatic heterocycles. The topological polar surface area (TPSA) is 82.4 Å². The van der Waals surface area contributed by atoms with Gasteiger partial charge in [-0.1, -0.05) is 30.3 Å². The van der Waals surface area contributed by atoms with Crippen molar-refractivity contribution in [3.8, 4) is 6.07 Å². The average molecular weight is 375 g/mol. The molecule has 1 amide bonds. The van der Waals surface area contributed by atoms with E-state index in [0.717, 1.165) is 25.1 Å². The molecule has 0 fully saturated rings. The Morgan fingerprint density at radius 3 is 2.75 bits per heavy atom. The SMILES string of the molecule is CCOC(=O)c1ccccc1NC(=O)/C(C#N)=C\N1CCCc2ccccc21. The molecule has 0 saturated heterocycles. The number of nitriles is 1. The van der Waals surface area contributed by atoms with E-state index in [2.05, 4.69) is 11.4 Å². The van der Waals surface area contributed by atoms with Gasteiger partial charge in [0.15, 0.2) is 0 Å². The summed E-state index contributed by atoms with van der Waals surface area (Å²) in [5, 5.41) is 12.2. The first-order valence-electron chi connectivity index (χ1n) is 9.18. The molecule has 3 rings (SSSR count). The Balaban J connectivity index is 1.84. The van der Waals surface area contributed by atoms with E-state index in [0.29, 0.717) is 5.69 Å². The van der Waals surface area contributed by atoms with Crippen molar-refractivity contribution in [1.29, 1.82) is 5.26 Å². The van der Waals surface area contributed by atoms with Gasteiger partial charge >= 0.3 is 5.97 Å². The summed E-state index contributed by atoms with van der Waals surface area (Å²) in [6, 6.07) is 16.5. The van der Waals surface area contributed by atoms with Crippen LogP contribution in [0.3, 0.4) is 0 Å². The molecule has 2 aromatic carbocycles. The number of anilines is 2. The van der Waals surface area contributed by atoms with E-state index in [9.17, 15) is 14.9 Å². The third-order valence-electron chi connectivity index (χ3n) is 4.47. The standard InChI is InChI=1S/C22H21N3O3/c1-2-28-22(27)18-10-4-5-11-19(18)24-21(26)17(14-23)15-25-13-7-9-16-8-3-6-12-20(16)25/h3-6,8,10-12,15H,2,7,9,13H2,1H3,(H,24,26)/b17-15-. The van der Waals surface area contributed by atoms with Crippen LogP contribution < -0.4 is 10.2 Å². The maximum absolute atomic E-state index is 12.7. The lowest BCUT2D eigenvalue weighted by atomic mass is 10.0. The number of hydrogen-bond donors (Lipinski definition) is 1. The summed E-state index contributed by atoms with van der Waals surface area (Å²) in [7, 11) is 0. The number of amides is 1. The van der Waals surface area contributed by atoms with E-state index >= 15 is 0 Å². The maximum atomic E-state index is 12.7. The number of fused-ring (bicyclic) bond motifs is 1. The Bertz CT molecular complexity index is 959. The van der Waals surface area contributed by atoms with Gasteiger partial charge in [-0.05, 0) is 43.5 Å². The van der Waals surface area contributed by atoms with Gasteiger partial charge in [-0.2, -0.15) is 5.26 Å². The van der Waals surface area contributed by atoms with E-state index in [-0.39, 0.29) is 17.7 Å². The minimum atomic E-state index is -0.567. The number of rotatable bonds is 5. The zero-order valence-electron chi connectivity index (χ0n) is 15.6. The predicted molar refractivity (Wildman–Crippen MR) is 107 cm³/mol. The van der Waals surface area contributed by atoms with Crippen molar-refractivity contribution in [3.63, 3.8) is 0 Å². The molecule has 0 spiro atoms. The van der Waals surface area contributed by atoms with Gasteiger partial charge in [0.1, 0.15) is 11.6 Å². The second-order valence-electron chi connectivity index (χ2n) is 6.30. The van der Waals surface area contributed by atoms with E-state index in [1.807, 2.05) is 29.2 Å². The second-order valence-corrected chi connectivity index (χ2v) is 6.30. The molecule has 1 aliphatic rings. The number of carbonyl (C=O) groups is 2. The van der Waals surface area contributed by atoms with Crippen LogP contribution in [0.4, 0.5) is 11.4 Å². The van der Waals surface area contributed by atoms with Gasteiger partial charge in [-0.15, -0.1) is 0 Å². The highest BCUT2D eigenvalue weighted by Gasteiger charge is 2.19. The molecule has 0 bridgehead atoms. The lowest BCUT2D eigenvalue weighted by Gasteiger charge is -2.28. The van der Waals surface area contributed by atoms with Crippen LogP contribution in [-0.4, -0.2) is 25.0 Å². The Morgan fingerprint density at radius 1 is 1.21 bits per heavy atom. The van der Waals surface area contributed by atoms with Crippen molar-refractivity contribution in [2.24, 2.45) is 0 Å². The fraction of sp³-hybridized carbons (Fsp3) is 0.227. The summed E-state index contributed by atoms with van der Waals surface area (Å²) in [6.45, 7) is 2.68. The zero-order chi connectivity index (χ0) is 19.9. The minimum Gasteiger partial charge on any atom is -0.462 e. The van der Waals surface area contributed by atoms with Crippen LogP contribution in [0.25, 0.3) is 0 Å². The van der Waals surface area contributed by atoms with Crippen molar-refractivity contribution in [3.05, 3.63) is 71.4 Å². The molecule has 1 heterocycles. The Morgan fingerprint density at radius 2 is 1.96 bits per heavy atom. The monoisotopic (exact) mass is 375 g/mol. The Kier molecular flexibility index (Phi) is 6.07. The molecule has 0 radical (unpaired) electrons. The highest BCUT2D eigenvalue weighted by Crippen LogP contribution is 2.27. The van der Waals surface area contributed by atoms with Crippen LogP contribution in [0, 0.1) is 11.3 Å². The molecule has 142 valence electrons. The van der Waals surface area contributed by atoms with Gasteiger partial charge in [0.2, 0.25) is 0 Å². The fourth-order valence-electron chi connectivity index (χ4n) is 3.16. The average Bonchev–Trinajstić information content (AvgIpc) is 2.72. The maximum Gasteiger partial charge on any atom is 0.340 e. The molecule has 6 nitrogen and oxygen atoms in total. The normalized spacial score (nSPS) is 13.3. The first-order chi connectivity index (χ1) is 13.6. The summed E-state index contributed by atoms with van der Waals surface area (Å²) in [5.41, 5.74) is 2.72. The van der Waals surface area contributed by atoms with Gasteiger partial charge in [-0.3, -0.25) is 4.79 Å². The number of ether oxygens (including phenoxy) is 1. The summed E-state index contributed by atoms with van der Waals surface area (Å²) in [6.07, 6.45) is 3.49. The van der Waals surface area contributed by atoms with Crippen LogP contribution >= 0.6 is 0 Å². The number of benzene rings is 2. The molecular formula is C22H21N3O3. The van der Waals surface area contributed by atoms with E-state index < -0.39 is 11.9 Å². The molecule has 0 saturated carbocycles. The third-order valence-corrected chi connectivity index (χ3v) is 4.47. The lowest BCUT2D eigenvalue weighted by Crippen LogP contribution is -2.26. The molecule has 1 N–H and O–H groups in total. The van der Waals surface area contributed by atoms with Crippen molar-refractivity contribution in [2.75, 3.05) is 23.4 Å². The van der Waals surface area contributed by atoms with E-state index in [4.69, 9.17) is 4.74 Å². The van der Waals surface area contributed by atoms with Gasteiger partial charge < -0.3 is 15.0 Å². The van der Waals surface area contributed by atoms with Crippen LogP contribution in [0.15, 0.2) is 60.3 Å². The number of carbonyl (C=O) groups excluding carboxylic acids is 2. The highest BCUT2D eigenvalue weighted by atomic mass is 16.5. The fourth-order valence-corrected chi connectivity index (χ4v) is 3.16. The quantitative estimate of drug-likeness (QED) is 0.490. The lowest BCUT2D eigenvalue weighted by molar-refractivity contribution is -0.112. The molecule has 0 atom stereocenters. The van der Waals surface area contributed by atoms with E-state index in [1.165, 1.54) is 5.56 Å². The second kappa shape index (κ2) is 8.87. The molecule has 28 heavy (non-hydrogen) atoms. The van der Waals surface area contributed by atoms with Crippen molar-refractivity contribution >= 4 is 23.3 Å². The van der Waals surface area contributed by atoms with Crippen LogP contribution in [-0.2, 0) is 16.0 Å². The zero-order valence-corrected chi connectivity index (χ0v) is 15.6. The molecule has 6 heteroatoms. The first kappa shape index (κ1) is 19.2. The van der Waals surface area contributed by atoms with Crippen LogP contribution in [0.1, 0.15) is 29.3 Å². The predicted octanol–water partition coefficient (Wildman–Crippen LogP) is 3.66. The smallest absolute Gasteiger partial charge is 0.340 e.